The molecular weight excluding hydrogens is 382 g/mol. The summed E-state index contributed by atoms with van der Waals surface area (Å²) in [5.41, 5.74) is 5.95. The molecule has 1 N–H and O–H groups in total. The molecule has 1 aliphatic rings. The predicted molar refractivity (Wildman–Crippen MR) is 128 cm³/mol. The van der Waals surface area contributed by atoms with Gasteiger partial charge in [-0.1, -0.05) is 48.5 Å². The maximum atomic E-state index is 6.57. The molecule has 7 rings (SSSR count). The van der Waals surface area contributed by atoms with E-state index in [0.717, 1.165) is 73.3 Å². The van der Waals surface area contributed by atoms with Gasteiger partial charge in [-0.15, -0.1) is 0 Å². The van der Waals surface area contributed by atoms with Gasteiger partial charge in [0.15, 0.2) is 0 Å². The Morgan fingerprint density at radius 3 is 2.16 bits per heavy atom. The van der Waals surface area contributed by atoms with Gasteiger partial charge >= 0.3 is 0 Å². The summed E-state index contributed by atoms with van der Waals surface area (Å²) in [5, 5.41) is 5.34. The quantitative estimate of drug-likeness (QED) is 0.280. The van der Waals surface area contributed by atoms with Crippen molar-refractivity contribution < 1.29 is 8.83 Å². The molecule has 0 fully saturated rings. The molecule has 0 radical (unpaired) electrons. The summed E-state index contributed by atoms with van der Waals surface area (Å²) in [4.78, 5) is 3.57. The molecule has 0 unspecified atom stereocenters. The van der Waals surface area contributed by atoms with Crippen molar-refractivity contribution in [1.29, 1.82) is 0 Å². The van der Waals surface area contributed by atoms with Crippen LogP contribution in [0.5, 0.6) is 0 Å². The Kier molecular flexibility index (Phi) is 3.39. The average Bonchev–Trinajstić information content (AvgIpc) is 2.95. The standard InChI is InChI=1S/C28H19NO2/c1-3-7-23-17(5-1)9-11-19-13-15-21-25(27(19)30-23)26-22(29-21)16-14-20-12-10-18-6-2-4-8-24(18)31-28(20)26/h1,3-5,7-16,29H,2,6H2. The molecule has 6 aromatic rings. The minimum atomic E-state index is 0.863. The lowest BCUT2D eigenvalue weighted by Crippen LogP contribution is -1.89. The highest BCUT2D eigenvalue weighted by Gasteiger charge is 2.15. The first-order chi connectivity index (χ1) is 15.3. The van der Waals surface area contributed by atoms with E-state index in [9.17, 15) is 0 Å². The number of hydrogen-bond acceptors (Lipinski definition) is 2. The number of hydrogen-bond donors (Lipinski definition) is 1. The summed E-state index contributed by atoms with van der Waals surface area (Å²) < 4.78 is 13.1. The molecule has 3 heterocycles. The monoisotopic (exact) mass is 401 g/mol. The van der Waals surface area contributed by atoms with E-state index in [1.807, 2.05) is 18.2 Å². The molecule has 0 spiro atoms. The van der Waals surface area contributed by atoms with Crippen LogP contribution in [0.2, 0.25) is 0 Å². The van der Waals surface area contributed by atoms with Gasteiger partial charge in [-0.25, -0.2) is 0 Å². The Hall–Kier alpha value is -3.98. The number of aromatic amines is 1. The summed E-state index contributed by atoms with van der Waals surface area (Å²) in [6.45, 7) is 0. The highest BCUT2D eigenvalue weighted by molar-refractivity contribution is 6.25. The van der Waals surface area contributed by atoms with Gasteiger partial charge in [0, 0.05) is 16.2 Å². The third-order valence-electron chi connectivity index (χ3n) is 6.31. The highest BCUT2D eigenvalue weighted by atomic mass is 16.3. The first-order valence-corrected chi connectivity index (χ1v) is 10.7. The Bertz CT molecular complexity index is 1740. The van der Waals surface area contributed by atoms with Gasteiger partial charge in [-0.2, -0.15) is 0 Å². The number of allylic oxidation sites excluding steroid dienone is 1. The van der Waals surface area contributed by atoms with Gasteiger partial charge in [0.1, 0.15) is 22.5 Å². The van der Waals surface area contributed by atoms with E-state index in [4.69, 9.17) is 8.83 Å². The normalized spacial score (nSPS) is 13.4. The minimum absolute atomic E-state index is 0.863. The van der Waals surface area contributed by atoms with E-state index < -0.39 is 0 Å². The van der Waals surface area contributed by atoms with E-state index >= 15 is 0 Å². The van der Waals surface area contributed by atoms with E-state index in [1.54, 1.807) is 0 Å². The predicted octanol–water partition coefficient (Wildman–Crippen LogP) is 8.05. The van der Waals surface area contributed by atoms with Crippen molar-refractivity contribution in [2.45, 2.75) is 12.8 Å². The molecule has 0 bridgehead atoms. The minimum Gasteiger partial charge on any atom is -0.456 e. The van der Waals surface area contributed by atoms with Crippen LogP contribution in [-0.2, 0) is 6.42 Å². The average molecular weight is 401 g/mol. The van der Waals surface area contributed by atoms with Crippen LogP contribution in [0.4, 0.5) is 0 Å². The molecule has 3 heteroatoms. The number of aromatic nitrogens is 1. The number of aryl methyl sites for hydroxylation is 1. The molecule has 3 aromatic heterocycles. The second kappa shape index (κ2) is 6.26. The smallest absolute Gasteiger partial charge is 0.144 e. The Morgan fingerprint density at radius 1 is 0.645 bits per heavy atom. The fourth-order valence-corrected chi connectivity index (χ4v) is 4.76. The lowest BCUT2D eigenvalue weighted by molar-refractivity contribution is 0.587. The summed E-state index contributed by atoms with van der Waals surface area (Å²) in [5.74, 6) is 0.941. The zero-order chi connectivity index (χ0) is 20.4. The summed E-state index contributed by atoms with van der Waals surface area (Å²) in [6, 6.07) is 25.3. The van der Waals surface area contributed by atoms with Crippen molar-refractivity contribution in [3.63, 3.8) is 0 Å². The Morgan fingerprint density at radius 2 is 1.32 bits per heavy atom. The number of para-hydroxylation sites is 1. The van der Waals surface area contributed by atoms with Gasteiger partial charge in [0.25, 0.3) is 0 Å². The molecule has 3 aromatic carbocycles. The van der Waals surface area contributed by atoms with Gasteiger partial charge in [-0.3, -0.25) is 0 Å². The first-order valence-electron chi connectivity index (χ1n) is 10.7. The van der Waals surface area contributed by atoms with Crippen LogP contribution in [0.1, 0.15) is 17.7 Å². The van der Waals surface area contributed by atoms with Crippen LogP contribution in [-0.4, -0.2) is 4.98 Å². The van der Waals surface area contributed by atoms with Crippen LogP contribution in [0.25, 0.3) is 60.8 Å². The van der Waals surface area contributed by atoms with Crippen LogP contribution >= 0.6 is 0 Å². The molecule has 0 aliphatic heterocycles. The topological polar surface area (TPSA) is 42.1 Å². The highest BCUT2D eigenvalue weighted by Crippen LogP contribution is 2.38. The molecular formula is C28H19NO2. The second-order valence-corrected chi connectivity index (χ2v) is 8.18. The Labute approximate surface area is 177 Å². The molecule has 3 nitrogen and oxygen atoms in total. The third-order valence-corrected chi connectivity index (χ3v) is 6.31. The number of H-pyrrole nitrogens is 1. The molecule has 0 saturated heterocycles. The van der Waals surface area contributed by atoms with E-state index in [-0.39, 0.29) is 0 Å². The van der Waals surface area contributed by atoms with Crippen LogP contribution in [0, 0.1) is 0 Å². The maximum Gasteiger partial charge on any atom is 0.144 e. The second-order valence-electron chi connectivity index (χ2n) is 8.18. The van der Waals surface area contributed by atoms with Gasteiger partial charge in [-0.05, 0) is 54.8 Å². The first kappa shape index (κ1) is 16.8. The van der Waals surface area contributed by atoms with E-state index in [2.05, 4.69) is 71.7 Å². The summed E-state index contributed by atoms with van der Waals surface area (Å²) >= 11 is 0. The fourth-order valence-electron chi connectivity index (χ4n) is 4.76. The van der Waals surface area contributed by atoms with Crippen molar-refractivity contribution in [3.8, 4) is 0 Å². The van der Waals surface area contributed by atoms with Crippen LogP contribution < -0.4 is 0 Å². The largest absolute Gasteiger partial charge is 0.456 e. The third kappa shape index (κ3) is 2.47. The van der Waals surface area contributed by atoms with Gasteiger partial charge in [0.2, 0.25) is 0 Å². The summed E-state index contributed by atoms with van der Waals surface area (Å²) in [6.07, 6.45) is 6.34. The number of nitrogens with one attached hydrogen (secondary N) is 1. The van der Waals surface area contributed by atoms with Crippen LogP contribution in [0.3, 0.4) is 0 Å². The van der Waals surface area contributed by atoms with Crippen molar-refractivity contribution >= 4 is 60.8 Å². The number of rotatable bonds is 0. The molecule has 0 atom stereocenters. The van der Waals surface area contributed by atoms with Gasteiger partial charge < -0.3 is 13.8 Å². The van der Waals surface area contributed by atoms with E-state index in [0.29, 0.717) is 0 Å². The van der Waals surface area contributed by atoms with Crippen LogP contribution in [0.15, 0.2) is 87.7 Å². The number of benzene rings is 3. The zero-order valence-electron chi connectivity index (χ0n) is 16.8. The molecule has 0 amide bonds. The molecule has 1 aliphatic carbocycles. The SMILES string of the molecule is C1=Cc2oc3c(ccc2CC1)ccc1[nH]c2ccc4ccc5ccccc5oc4c2c13. The van der Waals surface area contributed by atoms with Crippen molar-refractivity contribution in [2.24, 2.45) is 0 Å². The Balaban J connectivity index is 1.74. The zero-order valence-corrected chi connectivity index (χ0v) is 16.8. The molecule has 0 saturated carbocycles. The summed E-state index contributed by atoms with van der Waals surface area (Å²) in [7, 11) is 0. The lowest BCUT2D eigenvalue weighted by Gasteiger charge is -2.05. The van der Waals surface area contributed by atoms with Crippen molar-refractivity contribution in [3.05, 3.63) is 90.2 Å². The maximum absolute atomic E-state index is 6.57. The van der Waals surface area contributed by atoms with E-state index in [1.165, 1.54) is 5.56 Å². The molecule has 31 heavy (non-hydrogen) atoms. The van der Waals surface area contributed by atoms with Crippen molar-refractivity contribution in [2.75, 3.05) is 0 Å². The number of fused-ring (bicyclic) bond motifs is 9. The lowest BCUT2D eigenvalue weighted by atomic mass is 10.0. The molecule has 148 valence electrons. The van der Waals surface area contributed by atoms with Gasteiger partial charge in [0.05, 0.1) is 21.8 Å². The fraction of sp³-hybridized carbons (Fsp3) is 0.0714. The van der Waals surface area contributed by atoms with Crippen molar-refractivity contribution in [1.82, 2.24) is 4.98 Å².